The summed E-state index contributed by atoms with van der Waals surface area (Å²) in [5, 5.41) is 0. The first-order chi connectivity index (χ1) is 6.93. The maximum absolute atomic E-state index is 3.72. The van der Waals surface area contributed by atoms with Crippen LogP contribution in [0.25, 0.3) is 0 Å². The Morgan fingerprint density at radius 3 is 2.36 bits per heavy atom. The van der Waals surface area contributed by atoms with E-state index in [4.69, 9.17) is 0 Å². The van der Waals surface area contributed by atoms with Crippen LogP contribution < -0.4 is 0 Å². The summed E-state index contributed by atoms with van der Waals surface area (Å²) in [5.74, 6) is 1.04. The second-order valence-corrected chi connectivity index (χ2v) is 4.42. The molecular weight excluding hydrogens is 168 g/mol. The van der Waals surface area contributed by atoms with Gasteiger partial charge in [0.25, 0.3) is 0 Å². The standard InChI is InChI=1S/C14H24/c1-2-3-4-5-6-8-11-14-12-9-7-10-13-14/h2,5-6,14H,1,3-4,7-13H2. The molecule has 0 bridgehead atoms. The van der Waals surface area contributed by atoms with E-state index in [1.54, 1.807) is 0 Å². The monoisotopic (exact) mass is 192 g/mol. The van der Waals surface area contributed by atoms with Crippen molar-refractivity contribution in [2.24, 2.45) is 5.92 Å². The maximum Gasteiger partial charge on any atom is -0.0316 e. The van der Waals surface area contributed by atoms with Crippen molar-refractivity contribution in [2.45, 2.75) is 57.8 Å². The molecule has 0 atom stereocenters. The van der Waals surface area contributed by atoms with Crippen molar-refractivity contribution in [1.82, 2.24) is 0 Å². The Hall–Kier alpha value is -0.520. The number of unbranched alkanes of at least 4 members (excludes halogenated alkanes) is 1. The Morgan fingerprint density at radius 1 is 0.929 bits per heavy atom. The summed E-state index contributed by atoms with van der Waals surface area (Å²) in [4.78, 5) is 0. The van der Waals surface area contributed by atoms with Gasteiger partial charge >= 0.3 is 0 Å². The third kappa shape index (κ3) is 5.26. The predicted molar refractivity (Wildman–Crippen MR) is 64.4 cm³/mol. The first-order valence-electron chi connectivity index (χ1n) is 6.19. The van der Waals surface area contributed by atoms with Gasteiger partial charge in [-0.25, -0.2) is 0 Å². The fourth-order valence-electron chi connectivity index (χ4n) is 2.26. The molecule has 0 aromatic carbocycles. The molecule has 1 fully saturated rings. The molecule has 80 valence electrons. The summed E-state index contributed by atoms with van der Waals surface area (Å²) in [6.45, 7) is 3.72. The van der Waals surface area contributed by atoms with Gasteiger partial charge in [-0.15, -0.1) is 6.58 Å². The summed E-state index contributed by atoms with van der Waals surface area (Å²) in [7, 11) is 0. The van der Waals surface area contributed by atoms with E-state index in [2.05, 4.69) is 18.7 Å². The summed E-state index contributed by atoms with van der Waals surface area (Å²) in [6.07, 6.45) is 19.1. The minimum absolute atomic E-state index is 1.04. The van der Waals surface area contributed by atoms with Gasteiger partial charge in [-0.2, -0.15) is 0 Å². The van der Waals surface area contributed by atoms with Crippen molar-refractivity contribution in [1.29, 1.82) is 0 Å². The minimum Gasteiger partial charge on any atom is -0.103 e. The lowest BCUT2D eigenvalue weighted by atomic mass is 9.86. The van der Waals surface area contributed by atoms with Crippen molar-refractivity contribution >= 4 is 0 Å². The zero-order valence-corrected chi connectivity index (χ0v) is 9.38. The average Bonchev–Trinajstić information content (AvgIpc) is 2.25. The zero-order chi connectivity index (χ0) is 10.1. The molecule has 0 unspecified atom stereocenters. The molecule has 0 radical (unpaired) electrons. The molecule has 0 saturated heterocycles. The zero-order valence-electron chi connectivity index (χ0n) is 9.38. The molecule has 0 nitrogen and oxygen atoms in total. The second-order valence-electron chi connectivity index (χ2n) is 4.42. The molecule has 14 heavy (non-hydrogen) atoms. The summed E-state index contributed by atoms with van der Waals surface area (Å²) in [6, 6.07) is 0. The number of rotatable bonds is 6. The van der Waals surface area contributed by atoms with Gasteiger partial charge in [0.1, 0.15) is 0 Å². The van der Waals surface area contributed by atoms with Gasteiger partial charge in [-0.3, -0.25) is 0 Å². The summed E-state index contributed by atoms with van der Waals surface area (Å²) >= 11 is 0. The molecule has 0 heterocycles. The fraction of sp³-hybridized carbons (Fsp3) is 0.714. The van der Waals surface area contributed by atoms with E-state index in [9.17, 15) is 0 Å². The Balaban J connectivity index is 1.96. The lowest BCUT2D eigenvalue weighted by molar-refractivity contribution is 0.341. The lowest BCUT2D eigenvalue weighted by Crippen LogP contribution is -2.05. The lowest BCUT2D eigenvalue weighted by Gasteiger charge is -2.20. The van der Waals surface area contributed by atoms with Crippen LogP contribution in [0.2, 0.25) is 0 Å². The third-order valence-electron chi connectivity index (χ3n) is 3.17. The average molecular weight is 192 g/mol. The Bertz CT molecular complexity index is 161. The molecule has 1 aliphatic carbocycles. The highest BCUT2D eigenvalue weighted by atomic mass is 14.2. The quantitative estimate of drug-likeness (QED) is 0.416. The summed E-state index contributed by atoms with van der Waals surface area (Å²) < 4.78 is 0. The molecule has 0 heteroatoms. The topological polar surface area (TPSA) is 0 Å². The molecule has 1 aliphatic rings. The van der Waals surface area contributed by atoms with Gasteiger partial charge < -0.3 is 0 Å². The van der Waals surface area contributed by atoms with Crippen LogP contribution in [-0.4, -0.2) is 0 Å². The number of allylic oxidation sites excluding steroid dienone is 3. The van der Waals surface area contributed by atoms with Crippen LogP contribution in [0.5, 0.6) is 0 Å². The van der Waals surface area contributed by atoms with E-state index in [-0.39, 0.29) is 0 Å². The molecule has 0 aliphatic heterocycles. The molecule has 1 saturated carbocycles. The van der Waals surface area contributed by atoms with Crippen molar-refractivity contribution in [3.63, 3.8) is 0 Å². The second kappa shape index (κ2) is 7.84. The molecule has 1 rings (SSSR count). The van der Waals surface area contributed by atoms with Crippen LogP contribution >= 0.6 is 0 Å². The normalized spacial score (nSPS) is 18.9. The highest BCUT2D eigenvalue weighted by Gasteiger charge is 2.11. The van der Waals surface area contributed by atoms with E-state index in [0.717, 1.165) is 12.3 Å². The van der Waals surface area contributed by atoms with Gasteiger partial charge in [0.15, 0.2) is 0 Å². The third-order valence-corrected chi connectivity index (χ3v) is 3.17. The fourth-order valence-corrected chi connectivity index (χ4v) is 2.26. The van der Waals surface area contributed by atoms with Gasteiger partial charge in [-0.05, 0) is 31.6 Å². The van der Waals surface area contributed by atoms with E-state index in [1.807, 2.05) is 6.08 Å². The van der Waals surface area contributed by atoms with Gasteiger partial charge in [0.05, 0.1) is 0 Å². The maximum atomic E-state index is 3.72. The van der Waals surface area contributed by atoms with Crippen LogP contribution in [0.3, 0.4) is 0 Å². The van der Waals surface area contributed by atoms with Crippen molar-refractivity contribution in [3.05, 3.63) is 24.8 Å². The Morgan fingerprint density at radius 2 is 1.64 bits per heavy atom. The highest BCUT2D eigenvalue weighted by Crippen LogP contribution is 2.27. The van der Waals surface area contributed by atoms with E-state index >= 15 is 0 Å². The number of hydrogen-bond acceptors (Lipinski definition) is 0. The first-order valence-corrected chi connectivity index (χ1v) is 6.19. The van der Waals surface area contributed by atoms with Crippen LogP contribution in [0.1, 0.15) is 57.8 Å². The molecule has 0 N–H and O–H groups in total. The van der Waals surface area contributed by atoms with Crippen LogP contribution in [-0.2, 0) is 0 Å². The molecular formula is C14H24. The summed E-state index contributed by atoms with van der Waals surface area (Å²) in [5.41, 5.74) is 0. The predicted octanol–water partition coefficient (Wildman–Crippen LogP) is 4.87. The first kappa shape index (κ1) is 11.6. The van der Waals surface area contributed by atoms with E-state index in [0.29, 0.717) is 0 Å². The van der Waals surface area contributed by atoms with Crippen LogP contribution in [0.4, 0.5) is 0 Å². The molecule has 0 aromatic rings. The van der Waals surface area contributed by atoms with Crippen molar-refractivity contribution in [3.8, 4) is 0 Å². The Labute approximate surface area is 89.1 Å². The molecule has 0 amide bonds. The van der Waals surface area contributed by atoms with E-state index in [1.165, 1.54) is 51.4 Å². The van der Waals surface area contributed by atoms with Gasteiger partial charge in [-0.1, -0.05) is 50.3 Å². The van der Waals surface area contributed by atoms with Crippen molar-refractivity contribution < 1.29 is 0 Å². The van der Waals surface area contributed by atoms with Crippen LogP contribution in [0, 0.1) is 5.92 Å². The largest absolute Gasteiger partial charge is 0.103 e. The van der Waals surface area contributed by atoms with Gasteiger partial charge in [0, 0.05) is 0 Å². The molecule has 0 spiro atoms. The number of hydrogen-bond donors (Lipinski definition) is 0. The highest BCUT2D eigenvalue weighted by molar-refractivity contribution is 4.85. The Kier molecular flexibility index (Phi) is 6.47. The van der Waals surface area contributed by atoms with Crippen molar-refractivity contribution in [2.75, 3.05) is 0 Å². The molecule has 0 aromatic heterocycles. The van der Waals surface area contributed by atoms with Gasteiger partial charge in [0.2, 0.25) is 0 Å². The van der Waals surface area contributed by atoms with E-state index < -0.39 is 0 Å². The van der Waals surface area contributed by atoms with Crippen LogP contribution in [0.15, 0.2) is 24.8 Å². The minimum atomic E-state index is 1.04. The smallest absolute Gasteiger partial charge is 0.0316 e. The SMILES string of the molecule is C=CCCC=CCCC1CCCCC1.